The van der Waals surface area contributed by atoms with E-state index in [2.05, 4.69) is 36.2 Å². The number of sulfone groups is 1. The van der Waals surface area contributed by atoms with Gasteiger partial charge in [0.2, 0.25) is 0 Å². The Labute approximate surface area is 168 Å². The van der Waals surface area contributed by atoms with E-state index in [0.29, 0.717) is 17.7 Å². The highest BCUT2D eigenvalue weighted by molar-refractivity contribution is 7.89. The van der Waals surface area contributed by atoms with Crippen LogP contribution in [0.3, 0.4) is 0 Å². The minimum absolute atomic E-state index is 0.0178. The molecule has 0 aliphatic rings. The number of benzene rings is 2. The van der Waals surface area contributed by atoms with Gasteiger partial charge in [0.05, 0.1) is 5.75 Å². The van der Waals surface area contributed by atoms with Crippen LogP contribution in [-0.2, 0) is 22.0 Å². The Morgan fingerprint density at radius 3 is 2.11 bits per heavy atom. The predicted molar refractivity (Wildman–Crippen MR) is 114 cm³/mol. The van der Waals surface area contributed by atoms with E-state index < -0.39 is 9.84 Å². The highest BCUT2D eigenvalue weighted by Gasteiger charge is 2.18. The van der Waals surface area contributed by atoms with Gasteiger partial charge in [-0.05, 0) is 42.8 Å². The van der Waals surface area contributed by atoms with E-state index in [0.717, 1.165) is 19.5 Å². The molecule has 1 amide bonds. The van der Waals surface area contributed by atoms with Crippen molar-refractivity contribution in [2.24, 2.45) is 0 Å². The summed E-state index contributed by atoms with van der Waals surface area (Å²) in [5.74, 6) is -0.160. The van der Waals surface area contributed by atoms with Crippen molar-refractivity contribution in [3.8, 4) is 0 Å². The van der Waals surface area contributed by atoms with Crippen LogP contribution in [-0.4, -0.2) is 51.2 Å². The molecular weight excluding hydrogens is 372 g/mol. The number of nitrogens with one attached hydrogen (secondary N) is 1. The Morgan fingerprint density at radius 1 is 0.964 bits per heavy atom. The maximum absolute atomic E-state index is 12.5. The number of rotatable bonds is 10. The molecule has 2 aromatic carbocycles. The molecule has 5 nitrogen and oxygen atoms in total. The Balaban J connectivity index is 2.01. The predicted octanol–water partition coefficient (Wildman–Crippen LogP) is 2.91. The van der Waals surface area contributed by atoms with Crippen LogP contribution < -0.4 is 5.32 Å². The van der Waals surface area contributed by atoms with Gasteiger partial charge in [-0.15, -0.1) is 0 Å². The van der Waals surface area contributed by atoms with Crippen molar-refractivity contribution in [3.63, 3.8) is 0 Å². The minimum atomic E-state index is -3.08. The minimum Gasteiger partial charge on any atom is -0.350 e. The van der Waals surface area contributed by atoms with Crippen LogP contribution in [0.15, 0.2) is 54.6 Å². The van der Waals surface area contributed by atoms with Gasteiger partial charge in [-0.3, -0.25) is 9.69 Å². The number of likely N-dealkylation sites (N-methyl/N-ethyl adjacent to an activating group) is 1. The SMILES string of the molecule is CCN(CC)C(CNC(=O)c1ccc(CS(C)(=O)=O)cc1)Cc1ccccc1. The van der Waals surface area contributed by atoms with Crippen LogP contribution in [0.2, 0.25) is 0 Å². The lowest BCUT2D eigenvalue weighted by Gasteiger charge is -2.30. The highest BCUT2D eigenvalue weighted by Crippen LogP contribution is 2.11. The summed E-state index contributed by atoms with van der Waals surface area (Å²) in [6.07, 6.45) is 2.07. The van der Waals surface area contributed by atoms with Crippen LogP contribution in [0.4, 0.5) is 0 Å². The number of nitrogens with zero attached hydrogens (tertiary/aromatic N) is 1. The summed E-state index contributed by atoms with van der Waals surface area (Å²) in [5, 5.41) is 3.04. The van der Waals surface area contributed by atoms with Crippen molar-refractivity contribution in [3.05, 3.63) is 71.3 Å². The fraction of sp³-hybridized carbons (Fsp3) is 0.409. The number of carbonyl (C=O) groups excluding carboxylic acids is 1. The molecule has 0 aliphatic carbocycles. The smallest absolute Gasteiger partial charge is 0.251 e. The first kappa shape index (κ1) is 22.1. The molecule has 0 saturated heterocycles. The van der Waals surface area contributed by atoms with Gasteiger partial charge in [-0.2, -0.15) is 0 Å². The number of hydrogen-bond donors (Lipinski definition) is 1. The first-order chi connectivity index (χ1) is 13.3. The van der Waals surface area contributed by atoms with E-state index in [-0.39, 0.29) is 17.7 Å². The molecule has 1 N–H and O–H groups in total. The average molecular weight is 403 g/mol. The fourth-order valence-corrected chi connectivity index (χ4v) is 4.12. The second-order valence-electron chi connectivity index (χ2n) is 7.04. The number of hydrogen-bond acceptors (Lipinski definition) is 4. The average Bonchev–Trinajstić information content (AvgIpc) is 2.66. The molecule has 1 atom stereocenters. The summed E-state index contributed by atoms with van der Waals surface area (Å²) in [5.41, 5.74) is 2.47. The zero-order chi connectivity index (χ0) is 20.6. The van der Waals surface area contributed by atoms with E-state index in [9.17, 15) is 13.2 Å². The van der Waals surface area contributed by atoms with Gasteiger partial charge in [-0.1, -0.05) is 56.3 Å². The van der Waals surface area contributed by atoms with Crippen LogP contribution in [0.5, 0.6) is 0 Å². The molecular formula is C22H30N2O3S. The van der Waals surface area contributed by atoms with Crippen molar-refractivity contribution in [2.45, 2.75) is 32.1 Å². The molecule has 0 fully saturated rings. The summed E-state index contributed by atoms with van der Waals surface area (Å²) >= 11 is 0. The third-order valence-electron chi connectivity index (χ3n) is 4.79. The quantitative estimate of drug-likeness (QED) is 0.664. The molecule has 6 heteroatoms. The molecule has 0 heterocycles. The maximum atomic E-state index is 12.5. The first-order valence-corrected chi connectivity index (χ1v) is 11.7. The third-order valence-corrected chi connectivity index (χ3v) is 5.64. The van der Waals surface area contributed by atoms with E-state index in [1.807, 2.05) is 18.2 Å². The first-order valence-electron chi connectivity index (χ1n) is 9.65. The second-order valence-corrected chi connectivity index (χ2v) is 9.18. The standard InChI is InChI=1S/C22H30N2O3S/c1-4-24(5-2)21(15-18-9-7-6-8-10-18)16-23-22(25)20-13-11-19(12-14-20)17-28(3,26)27/h6-14,21H,4-5,15-17H2,1-3H3,(H,23,25). The summed E-state index contributed by atoms with van der Waals surface area (Å²) < 4.78 is 22.8. The summed E-state index contributed by atoms with van der Waals surface area (Å²) in [4.78, 5) is 14.9. The third kappa shape index (κ3) is 7.09. The van der Waals surface area contributed by atoms with Gasteiger partial charge < -0.3 is 5.32 Å². The molecule has 0 radical (unpaired) electrons. The molecule has 152 valence electrons. The van der Waals surface area contributed by atoms with Crippen molar-refractivity contribution in [1.82, 2.24) is 10.2 Å². The Bertz CT molecular complexity index is 845. The summed E-state index contributed by atoms with van der Waals surface area (Å²) in [6.45, 7) is 6.66. The van der Waals surface area contributed by atoms with E-state index >= 15 is 0 Å². The van der Waals surface area contributed by atoms with Gasteiger partial charge in [0.25, 0.3) is 5.91 Å². The Kier molecular flexibility index (Phi) is 8.20. The van der Waals surface area contributed by atoms with Crippen LogP contribution >= 0.6 is 0 Å². The van der Waals surface area contributed by atoms with Crippen molar-refractivity contribution >= 4 is 15.7 Å². The normalized spacial score (nSPS) is 12.7. The van der Waals surface area contributed by atoms with Crippen LogP contribution in [0.25, 0.3) is 0 Å². The van der Waals surface area contributed by atoms with E-state index in [1.54, 1.807) is 24.3 Å². The van der Waals surface area contributed by atoms with Gasteiger partial charge in [0.1, 0.15) is 0 Å². The Morgan fingerprint density at radius 2 is 1.57 bits per heavy atom. The molecule has 2 aromatic rings. The molecule has 28 heavy (non-hydrogen) atoms. The maximum Gasteiger partial charge on any atom is 0.251 e. The molecule has 0 aromatic heterocycles. The second kappa shape index (κ2) is 10.4. The lowest BCUT2D eigenvalue weighted by molar-refractivity contribution is 0.0934. The van der Waals surface area contributed by atoms with Crippen LogP contribution in [0.1, 0.15) is 35.3 Å². The van der Waals surface area contributed by atoms with Gasteiger partial charge in [0, 0.05) is 24.4 Å². The van der Waals surface area contributed by atoms with E-state index in [4.69, 9.17) is 0 Å². The largest absolute Gasteiger partial charge is 0.350 e. The van der Waals surface area contributed by atoms with Crippen molar-refractivity contribution < 1.29 is 13.2 Å². The number of amides is 1. The summed E-state index contributed by atoms with van der Waals surface area (Å²) in [7, 11) is -3.08. The van der Waals surface area contributed by atoms with E-state index in [1.165, 1.54) is 11.8 Å². The zero-order valence-corrected chi connectivity index (χ0v) is 17.7. The highest BCUT2D eigenvalue weighted by atomic mass is 32.2. The lowest BCUT2D eigenvalue weighted by Crippen LogP contribution is -2.45. The van der Waals surface area contributed by atoms with Crippen molar-refractivity contribution in [1.29, 1.82) is 0 Å². The topological polar surface area (TPSA) is 66.5 Å². The van der Waals surface area contributed by atoms with Crippen LogP contribution in [0, 0.1) is 0 Å². The zero-order valence-electron chi connectivity index (χ0n) is 16.9. The van der Waals surface area contributed by atoms with Gasteiger partial charge in [0.15, 0.2) is 9.84 Å². The monoisotopic (exact) mass is 402 g/mol. The molecule has 0 aliphatic heterocycles. The van der Waals surface area contributed by atoms with Gasteiger partial charge >= 0.3 is 0 Å². The fourth-order valence-electron chi connectivity index (χ4n) is 3.32. The molecule has 0 saturated carbocycles. The van der Waals surface area contributed by atoms with Crippen molar-refractivity contribution in [2.75, 3.05) is 25.9 Å². The molecule has 1 unspecified atom stereocenters. The molecule has 0 bridgehead atoms. The van der Waals surface area contributed by atoms with Gasteiger partial charge in [-0.25, -0.2) is 8.42 Å². The Hall–Kier alpha value is -2.18. The molecule has 0 spiro atoms. The molecule has 2 rings (SSSR count). The summed E-state index contributed by atoms with van der Waals surface area (Å²) in [6, 6.07) is 17.3. The number of carbonyl (C=O) groups is 1. The lowest BCUT2D eigenvalue weighted by atomic mass is 10.0.